The summed E-state index contributed by atoms with van der Waals surface area (Å²) in [5.41, 5.74) is 1.20. The van der Waals surface area contributed by atoms with Gasteiger partial charge in [-0.15, -0.1) is 11.3 Å². The zero-order valence-corrected chi connectivity index (χ0v) is 11.8. The van der Waals surface area contributed by atoms with Gasteiger partial charge in [-0.05, 0) is 18.2 Å². The number of amides is 1. The van der Waals surface area contributed by atoms with E-state index in [1.807, 2.05) is 0 Å². The van der Waals surface area contributed by atoms with Gasteiger partial charge in [0.15, 0.2) is 16.7 Å². The maximum Gasteiger partial charge on any atom is 0.252 e. The first kappa shape index (κ1) is 14.4. The number of nitrogens with one attached hydrogen (secondary N) is 1. The van der Waals surface area contributed by atoms with Crippen molar-refractivity contribution in [3.05, 3.63) is 29.4 Å². The van der Waals surface area contributed by atoms with Gasteiger partial charge >= 0.3 is 0 Å². The molecule has 0 unspecified atom stereocenters. The number of nitrogens with zero attached hydrogens (tertiary/aromatic N) is 1. The van der Waals surface area contributed by atoms with E-state index in [2.05, 4.69) is 10.3 Å². The van der Waals surface area contributed by atoms with E-state index in [0.717, 1.165) is 0 Å². The normalized spacial score (nSPS) is 10.3. The number of anilines is 1. The van der Waals surface area contributed by atoms with E-state index in [4.69, 9.17) is 9.47 Å². The van der Waals surface area contributed by atoms with Crippen LogP contribution in [0.15, 0.2) is 23.6 Å². The minimum atomic E-state index is -0.456. The summed E-state index contributed by atoms with van der Waals surface area (Å²) in [6, 6.07) is 4.58. The van der Waals surface area contributed by atoms with Crippen LogP contribution in [0, 0.1) is 5.82 Å². The number of hydrogen-bond donors (Lipinski definition) is 1. The first-order valence-electron chi connectivity index (χ1n) is 5.72. The molecular formula is C13H13FN2O3S. The van der Waals surface area contributed by atoms with Crippen molar-refractivity contribution in [2.45, 2.75) is 0 Å². The van der Waals surface area contributed by atoms with Gasteiger partial charge in [0.1, 0.15) is 6.61 Å². The number of methoxy groups -OCH3 is 2. The Hall–Kier alpha value is -1.99. The van der Waals surface area contributed by atoms with Crippen molar-refractivity contribution in [1.82, 2.24) is 4.98 Å². The van der Waals surface area contributed by atoms with Crippen LogP contribution in [0.1, 0.15) is 0 Å². The van der Waals surface area contributed by atoms with Crippen molar-refractivity contribution in [3.8, 4) is 17.0 Å². The van der Waals surface area contributed by atoms with Crippen LogP contribution in [0.4, 0.5) is 9.52 Å². The zero-order valence-electron chi connectivity index (χ0n) is 11.0. The summed E-state index contributed by atoms with van der Waals surface area (Å²) < 4.78 is 23.2. The van der Waals surface area contributed by atoms with Gasteiger partial charge in [0, 0.05) is 18.1 Å². The van der Waals surface area contributed by atoms with Crippen LogP contribution >= 0.6 is 11.3 Å². The Bertz CT molecular complexity index is 615. The van der Waals surface area contributed by atoms with Crippen molar-refractivity contribution >= 4 is 22.4 Å². The minimum Gasteiger partial charge on any atom is -0.494 e. The minimum absolute atomic E-state index is 0.0356. The second-order valence-corrected chi connectivity index (χ2v) is 4.73. The summed E-state index contributed by atoms with van der Waals surface area (Å²) >= 11 is 1.26. The molecule has 1 aromatic carbocycles. The molecule has 0 saturated heterocycles. The lowest BCUT2D eigenvalue weighted by Gasteiger charge is -2.03. The SMILES string of the molecule is COCC(=O)Nc1nc(-c2ccc(OC)c(F)c2)cs1. The van der Waals surface area contributed by atoms with Crippen molar-refractivity contribution in [2.75, 3.05) is 26.1 Å². The second-order valence-electron chi connectivity index (χ2n) is 3.87. The smallest absolute Gasteiger partial charge is 0.252 e. The van der Waals surface area contributed by atoms with Crippen LogP contribution < -0.4 is 10.1 Å². The molecule has 1 N–H and O–H groups in total. The van der Waals surface area contributed by atoms with Gasteiger partial charge in [-0.3, -0.25) is 10.1 Å². The van der Waals surface area contributed by atoms with E-state index in [1.165, 1.54) is 37.7 Å². The topological polar surface area (TPSA) is 60.5 Å². The van der Waals surface area contributed by atoms with Crippen molar-refractivity contribution in [3.63, 3.8) is 0 Å². The van der Waals surface area contributed by atoms with Gasteiger partial charge in [-0.1, -0.05) is 0 Å². The van der Waals surface area contributed by atoms with E-state index < -0.39 is 5.82 Å². The van der Waals surface area contributed by atoms with E-state index in [9.17, 15) is 9.18 Å². The lowest BCUT2D eigenvalue weighted by Crippen LogP contribution is -2.16. The molecule has 0 saturated carbocycles. The third kappa shape index (κ3) is 3.31. The molecule has 20 heavy (non-hydrogen) atoms. The molecule has 0 bridgehead atoms. The summed E-state index contributed by atoms with van der Waals surface area (Å²) in [6.07, 6.45) is 0. The van der Waals surface area contributed by atoms with Crippen LogP contribution in [0.2, 0.25) is 0 Å². The number of halogens is 1. The highest BCUT2D eigenvalue weighted by Crippen LogP contribution is 2.28. The average molecular weight is 296 g/mol. The Labute approximate surface area is 119 Å². The van der Waals surface area contributed by atoms with Crippen LogP contribution in [-0.2, 0) is 9.53 Å². The van der Waals surface area contributed by atoms with E-state index in [1.54, 1.807) is 11.4 Å². The van der Waals surface area contributed by atoms with Crippen LogP contribution in [0.5, 0.6) is 5.75 Å². The van der Waals surface area contributed by atoms with Crippen molar-refractivity contribution in [1.29, 1.82) is 0 Å². The molecule has 7 heteroatoms. The second kappa shape index (κ2) is 6.44. The fourth-order valence-electron chi connectivity index (χ4n) is 1.58. The molecule has 5 nitrogen and oxygen atoms in total. The largest absolute Gasteiger partial charge is 0.494 e. The standard InChI is InChI=1S/C13H13FN2O3S/c1-18-6-12(17)16-13-15-10(7-20-13)8-3-4-11(19-2)9(14)5-8/h3-5,7H,6H2,1-2H3,(H,15,16,17). The maximum atomic E-state index is 13.6. The first-order chi connectivity index (χ1) is 9.63. The fraction of sp³-hybridized carbons (Fsp3) is 0.231. The molecule has 106 valence electrons. The Balaban J connectivity index is 2.16. The number of rotatable bonds is 5. The predicted octanol–water partition coefficient (Wildman–Crippen LogP) is 2.54. The molecule has 0 atom stereocenters. The monoisotopic (exact) mass is 296 g/mol. The van der Waals surface area contributed by atoms with Crippen molar-refractivity contribution < 1.29 is 18.7 Å². The molecule has 0 aliphatic rings. The summed E-state index contributed by atoms with van der Waals surface area (Å²) in [6.45, 7) is -0.0356. The first-order valence-corrected chi connectivity index (χ1v) is 6.60. The molecule has 1 amide bonds. The summed E-state index contributed by atoms with van der Waals surface area (Å²) in [5.74, 6) is -0.560. The summed E-state index contributed by atoms with van der Waals surface area (Å²) in [5, 5.41) is 4.78. The summed E-state index contributed by atoms with van der Waals surface area (Å²) in [7, 11) is 2.84. The molecule has 0 radical (unpaired) electrons. The molecule has 2 rings (SSSR count). The van der Waals surface area contributed by atoms with Gasteiger partial charge in [0.25, 0.3) is 5.91 Å². The fourth-order valence-corrected chi connectivity index (χ4v) is 2.31. The highest BCUT2D eigenvalue weighted by molar-refractivity contribution is 7.14. The number of carbonyl (C=O) groups is 1. The highest BCUT2D eigenvalue weighted by Gasteiger charge is 2.10. The highest BCUT2D eigenvalue weighted by atomic mass is 32.1. The average Bonchev–Trinajstić information content (AvgIpc) is 2.87. The molecule has 1 heterocycles. The number of aromatic nitrogens is 1. The van der Waals surface area contributed by atoms with Gasteiger partial charge in [0.2, 0.25) is 0 Å². The zero-order chi connectivity index (χ0) is 14.5. The Morgan fingerprint density at radius 1 is 1.45 bits per heavy atom. The predicted molar refractivity (Wildman–Crippen MR) is 74.6 cm³/mol. The molecule has 1 aromatic heterocycles. The van der Waals surface area contributed by atoms with Crippen molar-refractivity contribution in [2.24, 2.45) is 0 Å². The van der Waals surface area contributed by atoms with Crippen LogP contribution in [0.3, 0.4) is 0 Å². The molecule has 2 aromatic rings. The van der Waals surface area contributed by atoms with Gasteiger partial charge in [-0.2, -0.15) is 0 Å². The van der Waals surface area contributed by atoms with Gasteiger partial charge in [0.05, 0.1) is 12.8 Å². The lowest BCUT2D eigenvalue weighted by atomic mass is 10.1. The van der Waals surface area contributed by atoms with E-state index in [-0.39, 0.29) is 18.3 Å². The lowest BCUT2D eigenvalue weighted by molar-refractivity contribution is -0.119. The third-order valence-electron chi connectivity index (χ3n) is 2.47. The van der Waals surface area contributed by atoms with Crippen LogP contribution in [0.25, 0.3) is 11.3 Å². The number of ether oxygens (including phenoxy) is 2. The molecule has 0 aliphatic carbocycles. The number of hydrogen-bond acceptors (Lipinski definition) is 5. The number of carbonyl (C=O) groups excluding carboxylic acids is 1. The number of thiazole rings is 1. The quantitative estimate of drug-likeness (QED) is 0.921. The van der Waals surface area contributed by atoms with Crippen LogP contribution in [-0.4, -0.2) is 31.7 Å². The number of benzene rings is 1. The molecule has 0 fully saturated rings. The Morgan fingerprint density at radius 3 is 2.90 bits per heavy atom. The van der Waals surface area contributed by atoms with E-state index in [0.29, 0.717) is 16.4 Å². The molecule has 0 aliphatic heterocycles. The Kier molecular flexibility index (Phi) is 4.65. The van der Waals surface area contributed by atoms with Gasteiger partial charge in [-0.25, -0.2) is 9.37 Å². The third-order valence-corrected chi connectivity index (χ3v) is 3.23. The molecule has 0 spiro atoms. The maximum absolute atomic E-state index is 13.6. The Morgan fingerprint density at radius 2 is 2.25 bits per heavy atom. The molecular weight excluding hydrogens is 283 g/mol. The summed E-state index contributed by atoms with van der Waals surface area (Å²) in [4.78, 5) is 15.6. The van der Waals surface area contributed by atoms with E-state index >= 15 is 0 Å². The van der Waals surface area contributed by atoms with Gasteiger partial charge < -0.3 is 9.47 Å².